The van der Waals surface area contributed by atoms with E-state index >= 15 is 0 Å². The van der Waals surface area contributed by atoms with E-state index < -0.39 is 0 Å². The summed E-state index contributed by atoms with van der Waals surface area (Å²) < 4.78 is 1.93. The standard InChI is InChI=1S/C22H25N7O.HI/c1-2-23-22(24-13-16-12-21(30)27-19-11-7-6-10-18(16)19)25-14-20-28-26-15-29(20)17-8-4-3-5-9-17;/h3-11,15-16H,2,12-14H2,1H3,(H,27,30)(H2,23,24,25);1H. The van der Waals surface area contributed by atoms with Crippen molar-refractivity contribution in [2.24, 2.45) is 4.99 Å². The Labute approximate surface area is 198 Å². The maximum Gasteiger partial charge on any atom is 0.225 e. The molecule has 1 aromatic heterocycles. The minimum Gasteiger partial charge on any atom is -0.357 e. The molecular formula is C22H26IN7O. The van der Waals surface area contributed by atoms with Crippen molar-refractivity contribution in [1.29, 1.82) is 0 Å². The lowest BCUT2D eigenvalue weighted by Gasteiger charge is -2.26. The molecule has 0 aliphatic carbocycles. The molecule has 1 atom stereocenters. The maximum absolute atomic E-state index is 12.1. The van der Waals surface area contributed by atoms with Gasteiger partial charge in [-0.3, -0.25) is 9.36 Å². The molecule has 0 spiro atoms. The number of para-hydroxylation sites is 2. The van der Waals surface area contributed by atoms with Crippen LogP contribution in [-0.4, -0.2) is 39.7 Å². The Morgan fingerprint density at radius 3 is 2.74 bits per heavy atom. The van der Waals surface area contributed by atoms with Crippen LogP contribution in [0.5, 0.6) is 0 Å². The van der Waals surface area contributed by atoms with Crippen molar-refractivity contribution in [3.8, 4) is 5.69 Å². The third kappa shape index (κ3) is 5.60. The second kappa shape index (κ2) is 10.9. The first-order valence-electron chi connectivity index (χ1n) is 10.1. The Kier molecular flexibility index (Phi) is 7.99. The number of fused-ring (bicyclic) bond motifs is 1. The van der Waals surface area contributed by atoms with E-state index in [9.17, 15) is 4.79 Å². The Balaban J connectivity index is 0.00000272. The predicted octanol–water partition coefficient (Wildman–Crippen LogP) is 3.07. The lowest BCUT2D eigenvalue weighted by Crippen LogP contribution is -2.40. The first-order chi connectivity index (χ1) is 14.7. The minimum absolute atomic E-state index is 0. The summed E-state index contributed by atoms with van der Waals surface area (Å²) in [6.45, 7) is 3.75. The summed E-state index contributed by atoms with van der Waals surface area (Å²) in [7, 11) is 0. The first kappa shape index (κ1) is 22.7. The number of hydrogen-bond donors (Lipinski definition) is 3. The molecule has 0 saturated heterocycles. The van der Waals surface area contributed by atoms with Gasteiger partial charge >= 0.3 is 0 Å². The highest BCUT2D eigenvalue weighted by atomic mass is 127. The summed E-state index contributed by atoms with van der Waals surface area (Å²) in [6, 6.07) is 17.9. The lowest BCUT2D eigenvalue weighted by atomic mass is 9.90. The van der Waals surface area contributed by atoms with Gasteiger partial charge in [0.1, 0.15) is 12.9 Å². The molecule has 31 heavy (non-hydrogen) atoms. The highest BCUT2D eigenvalue weighted by molar-refractivity contribution is 14.0. The van der Waals surface area contributed by atoms with E-state index in [4.69, 9.17) is 0 Å². The highest BCUT2D eigenvalue weighted by Gasteiger charge is 2.24. The number of nitrogens with one attached hydrogen (secondary N) is 3. The highest BCUT2D eigenvalue weighted by Crippen LogP contribution is 2.31. The third-order valence-electron chi connectivity index (χ3n) is 5.00. The van der Waals surface area contributed by atoms with Gasteiger partial charge in [0.05, 0.1) is 0 Å². The average Bonchev–Trinajstić information content (AvgIpc) is 3.24. The number of carbonyl (C=O) groups excluding carboxylic acids is 1. The molecular weight excluding hydrogens is 505 g/mol. The van der Waals surface area contributed by atoms with Crippen molar-refractivity contribution in [2.45, 2.75) is 25.8 Å². The van der Waals surface area contributed by atoms with Crippen LogP contribution in [0.2, 0.25) is 0 Å². The number of aromatic nitrogens is 3. The summed E-state index contributed by atoms with van der Waals surface area (Å²) in [5, 5.41) is 17.8. The number of rotatable bonds is 6. The average molecular weight is 531 g/mol. The second-order valence-electron chi connectivity index (χ2n) is 7.07. The van der Waals surface area contributed by atoms with Gasteiger partial charge in [-0.1, -0.05) is 36.4 Å². The fraction of sp³-hybridized carbons (Fsp3) is 0.273. The van der Waals surface area contributed by atoms with Crippen molar-refractivity contribution < 1.29 is 4.79 Å². The summed E-state index contributed by atoms with van der Waals surface area (Å²) in [6.07, 6.45) is 2.14. The van der Waals surface area contributed by atoms with E-state index in [0.717, 1.165) is 29.3 Å². The second-order valence-corrected chi connectivity index (χ2v) is 7.07. The quantitative estimate of drug-likeness (QED) is 0.258. The maximum atomic E-state index is 12.1. The number of carbonyl (C=O) groups is 1. The van der Waals surface area contributed by atoms with Crippen LogP contribution >= 0.6 is 24.0 Å². The van der Waals surface area contributed by atoms with Crippen molar-refractivity contribution in [1.82, 2.24) is 25.4 Å². The number of guanidine groups is 1. The molecule has 1 aliphatic rings. The molecule has 1 amide bonds. The molecule has 2 aromatic carbocycles. The molecule has 9 heteroatoms. The number of halogens is 1. The molecule has 0 fully saturated rings. The van der Waals surface area contributed by atoms with E-state index in [2.05, 4.69) is 37.2 Å². The van der Waals surface area contributed by atoms with Crippen molar-refractivity contribution in [2.75, 3.05) is 18.4 Å². The minimum atomic E-state index is 0. The largest absolute Gasteiger partial charge is 0.357 e. The van der Waals surface area contributed by atoms with Gasteiger partial charge in [-0.15, -0.1) is 34.2 Å². The number of aliphatic imine (C=N–C) groups is 1. The summed E-state index contributed by atoms with van der Waals surface area (Å²) >= 11 is 0. The SMILES string of the molecule is CCNC(=NCc1nncn1-c1ccccc1)NCC1CC(=O)Nc2ccccc21.I. The number of anilines is 1. The van der Waals surface area contributed by atoms with Gasteiger partial charge in [0.25, 0.3) is 0 Å². The smallest absolute Gasteiger partial charge is 0.225 e. The number of benzene rings is 2. The normalized spacial score (nSPS) is 15.5. The number of hydrogen-bond acceptors (Lipinski definition) is 4. The van der Waals surface area contributed by atoms with Crippen LogP contribution in [0.15, 0.2) is 65.9 Å². The van der Waals surface area contributed by atoms with E-state index in [-0.39, 0.29) is 35.8 Å². The van der Waals surface area contributed by atoms with Gasteiger partial charge in [0.2, 0.25) is 5.91 Å². The van der Waals surface area contributed by atoms with Crippen LogP contribution in [0.25, 0.3) is 5.69 Å². The molecule has 3 N–H and O–H groups in total. The Bertz CT molecular complexity index is 1040. The molecule has 162 valence electrons. The zero-order chi connectivity index (χ0) is 20.8. The molecule has 0 bridgehead atoms. The molecule has 1 unspecified atom stereocenters. The van der Waals surface area contributed by atoms with Gasteiger partial charge in [0.15, 0.2) is 11.8 Å². The molecule has 4 rings (SSSR count). The number of amides is 1. The first-order valence-corrected chi connectivity index (χ1v) is 10.1. The fourth-order valence-corrected chi connectivity index (χ4v) is 3.57. The van der Waals surface area contributed by atoms with E-state index in [1.807, 2.05) is 60.0 Å². The van der Waals surface area contributed by atoms with Gasteiger partial charge in [-0.25, -0.2) is 4.99 Å². The van der Waals surface area contributed by atoms with Crippen molar-refractivity contribution in [3.05, 3.63) is 72.3 Å². The molecule has 0 saturated carbocycles. The predicted molar refractivity (Wildman–Crippen MR) is 132 cm³/mol. The molecule has 8 nitrogen and oxygen atoms in total. The van der Waals surface area contributed by atoms with Crippen LogP contribution in [0.1, 0.15) is 30.7 Å². The lowest BCUT2D eigenvalue weighted by molar-refractivity contribution is -0.116. The fourth-order valence-electron chi connectivity index (χ4n) is 3.57. The van der Waals surface area contributed by atoms with Gasteiger partial charge in [-0.2, -0.15) is 0 Å². The van der Waals surface area contributed by atoms with E-state index in [0.29, 0.717) is 25.5 Å². The Morgan fingerprint density at radius 2 is 1.94 bits per heavy atom. The molecule has 0 radical (unpaired) electrons. The van der Waals surface area contributed by atoms with Gasteiger partial charge in [-0.05, 0) is 30.7 Å². The monoisotopic (exact) mass is 531 g/mol. The van der Waals surface area contributed by atoms with Crippen LogP contribution in [0, 0.1) is 0 Å². The van der Waals surface area contributed by atoms with Crippen LogP contribution in [0.4, 0.5) is 5.69 Å². The summed E-state index contributed by atoms with van der Waals surface area (Å²) in [4.78, 5) is 16.7. The van der Waals surface area contributed by atoms with Crippen LogP contribution in [-0.2, 0) is 11.3 Å². The molecule has 1 aliphatic heterocycles. The Hall–Kier alpha value is -2.95. The zero-order valence-electron chi connectivity index (χ0n) is 17.3. The Morgan fingerprint density at radius 1 is 1.16 bits per heavy atom. The van der Waals surface area contributed by atoms with E-state index in [1.165, 1.54) is 0 Å². The van der Waals surface area contributed by atoms with Crippen LogP contribution < -0.4 is 16.0 Å². The van der Waals surface area contributed by atoms with Gasteiger partial charge < -0.3 is 16.0 Å². The zero-order valence-corrected chi connectivity index (χ0v) is 19.6. The third-order valence-corrected chi connectivity index (χ3v) is 5.00. The summed E-state index contributed by atoms with van der Waals surface area (Å²) in [5.74, 6) is 1.56. The van der Waals surface area contributed by atoms with Crippen LogP contribution in [0.3, 0.4) is 0 Å². The van der Waals surface area contributed by atoms with E-state index in [1.54, 1.807) is 6.33 Å². The number of nitrogens with zero attached hydrogens (tertiary/aromatic N) is 4. The molecule has 2 heterocycles. The molecule has 3 aromatic rings. The topological polar surface area (TPSA) is 96.2 Å². The van der Waals surface area contributed by atoms with Crippen molar-refractivity contribution >= 4 is 41.5 Å². The summed E-state index contributed by atoms with van der Waals surface area (Å²) in [5.41, 5.74) is 3.03. The van der Waals surface area contributed by atoms with Gasteiger partial charge in [0, 0.05) is 36.8 Å². The van der Waals surface area contributed by atoms with Crippen molar-refractivity contribution in [3.63, 3.8) is 0 Å².